The van der Waals surface area contributed by atoms with Gasteiger partial charge in [-0.25, -0.2) is 9.18 Å². The molecule has 0 spiro atoms. The zero-order chi connectivity index (χ0) is 15.4. The number of aromatic nitrogens is 1. The predicted molar refractivity (Wildman–Crippen MR) is 81.4 cm³/mol. The maximum Gasteiger partial charge on any atom is 0.341 e. The number of rotatable bonds is 5. The van der Waals surface area contributed by atoms with E-state index < -0.39 is 11.8 Å². The third kappa shape index (κ3) is 3.24. The van der Waals surface area contributed by atoms with Crippen molar-refractivity contribution >= 4 is 34.2 Å². The summed E-state index contributed by atoms with van der Waals surface area (Å²) in [4.78, 5) is 16.0. The lowest BCUT2D eigenvalue weighted by molar-refractivity contribution is 0.0527. The molecule has 0 amide bonds. The summed E-state index contributed by atoms with van der Waals surface area (Å²) in [7, 11) is 0. The van der Waals surface area contributed by atoms with Gasteiger partial charge >= 0.3 is 5.97 Å². The number of esters is 1. The number of pyridine rings is 1. The van der Waals surface area contributed by atoms with Crippen LogP contribution in [0.25, 0.3) is 10.9 Å². The predicted octanol–water partition coefficient (Wildman–Crippen LogP) is 4.03. The molecular formula is C15H16ClFN2O2. The summed E-state index contributed by atoms with van der Waals surface area (Å²) in [6, 6.07) is 2.79. The van der Waals surface area contributed by atoms with Crippen LogP contribution in [-0.4, -0.2) is 24.1 Å². The molecular weight excluding hydrogens is 295 g/mol. The number of ether oxygens (including phenoxy) is 1. The summed E-state index contributed by atoms with van der Waals surface area (Å²) < 4.78 is 19.0. The lowest BCUT2D eigenvalue weighted by atomic mass is 10.1. The third-order valence-corrected chi connectivity index (χ3v) is 3.15. The molecule has 4 nitrogen and oxygen atoms in total. The van der Waals surface area contributed by atoms with E-state index in [1.165, 1.54) is 12.3 Å². The van der Waals surface area contributed by atoms with Crippen LogP contribution < -0.4 is 5.32 Å². The monoisotopic (exact) mass is 310 g/mol. The second-order valence-electron chi connectivity index (χ2n) is 4.48. The number of anilines is 1. The van der Waals surface area contributed by atoms with Gasteiger partial charge in [-0.1, -0.05) is 18.5 Å². The number of halogens is 2. The van der Waals surface area contributed by atoms with E-state index in [2.05, 4.69) is 10.3 Å². The number of hydrogen-bond donors (Lipinski definition) is 1. The lowest BCUT2D eigenvalue weighted by Crippen LogP contribution is -2.12. The lowest BCUT2D eigenvalue weighted by Gasteiger charge is -2.14. The second kappa shape index (κ2) is 6.72. The number of fused-ring (bicyclic) bond motifs is 1. The summed E-state index contributed by atoms with van der Waals surface area (Å²) in [5.74, 6) is -1.02. The van der Waals surface area contributed by atoms with Gasteiger partial charge in [0.1, 0.15) is 11.1 Å². The molecule has 1 aromatic carbocycles. The van der Waals surface area contributed by atoms with E-state index in [1.54, 1.807) is 13.0 Å². The molecule has 0 saturated heterocycles. The molecule has 1 N–H and O–H groups in total. The minimum Gasteiger partial charge on any atom is -0.462 e. The van der Waals surface area contributed by atoms with Crippen molar-refractivity contribution in [1.82, 2.24) is 4.98 Å². The van der Waals surface area contributed by atoms with Gasteiger partial charge in [0.2, 0.25) is 0 Å². The van der Waals surface area contributed by atoms with Crippen molar-refractivity contribution in [2.75, 3.05) is 18.5 Å². The van der Waals surface area contributed by atoms with Crippen LogP contribution in [0.3, 0.4) is 0 Å². The van der Waals surface area contributed by atoms with Crippen molar-refractivity contribution in [3.8, 4) is 0 Å². The minimum absolute atomic E-state index is 0.172. The van der Waals surface area contributed by atoms with Gasteiger partial charge in [0.15, 0.2) is 5.82 Å². The fraction of sp³-hybridized carbons (Fsp3) is 0.333. The van der Waals surface area contributed by atoms with Crippen molar-refractivity contribution in [2.45, 2.75) is 20.3 Å². The Bertz CT molecular complexity index is 676. The first-order chi connectivity index (χ1) is 10.1. The Hall–Kier alpha value is -1.88. The largest absolute Gasteiger partial charge is 0.462 e. The van der Waals surface area contributed by atoms with Crippen LogP contribution in [0.15, 0.2) is 18.3 Å². The summed E-state index contributed by atoms with van der Waals surface area (Å²) in [6.07, 6.45) is 2.18. The molecule has 0 bridgehead atoms. The Kier molecular flexibility index (Phi) is 4.96. The first kappa shape index (κ1) is 15.5. The van der Waals surface area contributed by atoms with Crippen LogP contribution >= 0.6 is 11.6 Å². The number of benzene rings is 1. The van der Waals surface area contributed by atoms with E-state index >= 15 is 0 Å². The smallest absolute Gasteiger partial charge is 0.341 e. The van der Waals surface area contributed by atoms with E-state index in [4.69, 9.17) is 16.3 Å². The van der Waals surface area contributed by atoms with Crippen LogP contribution in [-0.2, 0) is 4.74 Å². The topological polar surface area (TPSA) is 51.2 Å². The highest BCUT2D eigenvalue weighted by molar-refractivity contribution is 6.31. The Morgan fingerprint density at radius 3 is 2.86 bits per heavy atom. The molecule has 112 valence electrons. The molecule has 21 heavy (non-hydrogen) atoms. The Labute approximate surface area is 127 Å². The van der Waals surface area contributed by atoms with Crippen LogP contribution in [0.5, 0.6) is 0 Å². The Morgan fingerprint density at radius 2 is 2.19 bits per heavy atom. The molecule has 0 atom stereocenters. The second-order valence-corrected chi connectivity index (χ2v) is 4.91. The third-order valence-electron chi connectivity index (χ3n) is 2.94. The molecule has 0 unspecified atom stereocenters. The molecule has 0 aliphatic carbocycles. The zero-order valence-electron chi connectivity index (χ0n) is 11.9. The van der Waals surface area contributed by atoms with Gasteiger partial charge in [-0.3, -0.25) is 4.98 Å². The first-order valence-electron chi connectivity index (χ1n) is 6.77. The maximum absolute atomic E-state index is 13.9. The van der Waals surface area contributed by atoms with Gasteiger partial charge in [-0.2, -0.15) is 0 Å². The van der Waals surface area contributed by atoms with E-state index in [1.807, 2.05) is 6.92 Å². The minimum atomic E-state index is -0.521. The van der Waals surface area contributed by atoms with Crippen molar-refractivity contribution in [3.05, 3.63) is 34.7 Å². The fourth-order valence-electron chi connectivity index (χ4n) is 2.03. The van der Waals surface area contributed by atoms with E-state index in [-0.39, 0.29) is 22.7 Å². The highest BCUT2D eigenvalue weighted by Gasteiger charge is 2.18. The molecule has 0 aliphatic rings. The number of nitrogens with zero attached hydrogens (tertiary/aromatic N) is 1. The van der Waals surface area contributed by atoms with Crippen LogP contribution in [0.4, 0.5) is 10.1 Å². The van der Waals surface area contributed by atoms with E-state index in [9.17, 15) is 9.18 Å². The molecule has 0 aliphatic heterocycles. The normalized spacial score (nSPS) is 10.7. The zero-order valence-corrected chi connectivity index (χ0v) is 12.6. The van der Waals surface area contributed by atoms with Crippen molar-refractivity contribution in [3.63, 3.8) is 0 Å². The van der Waals surface area contributed by atoms with E-state index in [0.29, 0.717) is 17.6 Å². The van der Waals surface area contributed by atoms with Crippen molar-refractivity contribution < 1.29 is 13.9 Å². The van der Waals surface area contributed by atoms with Crippen LogP contribution in [0.2, 0.25) is 5.02 Å². The van der Waals surface area contributed by atoms with Gasteiger partial charge in [0.05, 0.1) is 12.3 Å². The summed E-state index contributed by atoms with van der Waals surface area (Å²) >= 11 is 5.91. The van der Waals surface area contributed by atoms with Gasteiger partial charge in [-0.15, -0.1) is 0 Å². The Morgan fingerprint density at radius 1 is 1.43 bits per heavy atom. The highest BCUT2D eigenvalue weighted by Crippen LogP contribution is 2.30. The highest BCUT2D eigenvalue weighted by atomic mass is 35.5. The fourth-order valence-corrected chi connectivity index (χ4v) is 2.24. The van der Waals surface area contributed by atoms with Gasteiger partial charge in [0, 0.05) is 23.2 Å². The average molecular weight is 311 g/mol. The molecule has 1 heterocycles. The van der Waals surface area contributed by atoms with Crippen molar-refractivity contribution in [1.29, 1.82) is 0 Å². The van der Waals surface area contributed by atoms with Gasteiger partial charge in [-0.05, 0) is 25.5 Å². The average Bonchev–Trinajstić information content (AvgIpc) is 2.44. The number of carbonyl (C=O) groups excluding carboxylic acids is 1. The van der Waals surface area contributed by atoms with E-state index in [0.717, 1.165) is 6.42 Å². The van der Waals surface area contributed by atoms with Gasteiger partial charge < -0.3 is 10.1 Å². The molecule has 0 fully saturated rings. The SMILES string of the molecule is CCCNc1c(C(=O)OCC)cnc2c(F)cc(Cl)cc12. The van der Waals surface area contributed by atoms with Gasteiger partial charge in [0.25, 0.3) is 0 Å². The number of nitrogens with one attached hydrogen (secondary N) is 1. The summed E-state index contributed by atoms with van der Waals surface area (Å²) in [5.41, 5.74) is 0.951. The summed E-state index contributed by atoms with van der Waals surface area (Å²) in [6.45, 7) is 4.61. The number of carbonyl (C=O) groups is 1. The molecule has 0 saturated carbocycles. The van der Waals surface area contributed by atoms with Crippen LogP contribution in [0.1, 0.15) is 30.6 Å². The molecule has 2 rings (SSSR count). The molecule has 0 radical (unpaired) electrons. The number of hydrogen-bond acceptors (Lipinski definition) is 4. The molecule has 1 aromatic heterocycles. The Balaban J connectivity index is 2.66. The quantitative estimate of drug-likeness (QED) is 0.847. The van der Waals surface area contributed by atoms with Crippen molar-refractivity contribution in [2.24, 2.45) is 0 Å². The first-order valence-corrected chi connectivity index (χ1v) is 7.15. The van der Waals surface area contributed by atoms with Crippen LogP contribution in [0, 0.1) is 5.82 Å². The molecule has 2 aromatic rings. The molecule has 6 heteroatoms. The summed E-state index contributed by atoms with van der Waals surface area (Å²) in [5, 5.41) is 3.86. The maximum atomic E-state index is 13.9. The standard InChI is InChI=1S/C15H16ClFN2O2/c1-3-5-18-13-10-6-9(16)7-12(17)14(10)19-8-11(13)15(20)21-4-2/h6-8H,3-5H2,1-2H3,(H,18,19).